The van der Waals surface area contributed by atoms with Crippen LogP contribution in [0.5, 0.6) is 5.75 Å². The van der Waals surface area contributed by atoms with Crippen molar-refractivity contribution in [3.05, 3.63) is 65.2 Å². The molecule has 1 aromatic carbocycles. The Labute approximate surface area is 229 Å². The van der Waals surface area contributed by atoms with E-state index in [0.717, 1.165) is 11.3 Å². The standard InChI is InChI=1S/C27H30N8O5/c1-3-34-21(11-16(2)33-34)25(37)32-26-31-20-12-18(24(28)36)13-22-23(20)35(26)19(15-39-22)5-4-8-30-27(38)40-14-17-6-9-29-10-7-17/h6-7,9-13,19H,3-5,8,14-15H2,1-2H3,(H2,28,36)(H,30,38)(H,31,32,37)/t19-/m0/s1. The monoisotopic (exact) mass is 546 g/mol. The number of hydrogen-bond donors (Lipinski definition) is 3. The summed E-state index contributed by atoms with van der Waals surface area (Å²) in [5.41, 5.74) is 8.89. The summed E-state index contributed by atoms with van der Waals surface area (Å²) in [7, 11) is 0. The summed E-state index contributed by atoms with van der Waals surface area (Å²) < 4.78 is 14.8. The van der Waals surface area contributed by atoms with Gasteiger partial charge in [0.05, 0.1) is 17.3 Å². The van der Waals surface area contributed by atoms with Gasteiger partial charge in [0.25, 0.3) is 5.91 Å². The molecule has 3 amide bonds. The van der Waals surface area contributed by atoms with E-state index in [4.69, 9.17) is 15.2 Å². The number of primary amides is 1. The normalized spacial score (nSPS) is 14.0. The lowest BCUT2D eigenvalue weighted by atomic mass is 10.1. The summed E-state index contributed by atoms with van der Waals surface area (Å²) in [6.45, 7) is 5.08. The first-order chi connectivity index (χ1) is 19.3. The van der Waals surface area contributed by atoms with Crippen molar-refractivity contribution < 1.29 is 23.9 Å². The van der Waals surface area contributed by atoms with Crippen LogP contribution in [0.4, 0.5) is 10.7 Å². The van der Waals surface area contributed by atoms with Gasteiger partial charge in [-0.05, 0) is 62.6 Å². The van der Waals surface area contributed by atoms with Crippen LogP contribution in [-0.4, -0.2) is 55.4 Å². The molecule has 1 aliphatic rings. The van der Waals surface area contributed by atoms with Crippen molar-refractivity contribution in [1.82, 2.24) is 29.6 Å². The predicted octanol–water partition coefficient (Wildman–Crippen LogP) is 2.95. The molecule has 0 fully saturated rings. The minimum absolute atomic E-state index is 0.154. The lowest BCUT2D eigenvalue weighted by Crippen LogP contribution is -2.28. The van der Waals surface area contributed by atoms with Gasteiger partial charge < -0.3 is 25.1 Å². The molecule has 0 spiro atoms. The second-order valence-corrected chi connectivity index (χ2v) is 9.42. The minimum Gasteiger partial charge on any atom is -0.489 e. The number of pyridine rings is 1. The number of nitrogens with two attached hydrogens (primary N) is 1. The third-order valence-corrected chi connectivity index (χ3v) is 6.59. The van der Waals surface area contributed by atoms with E-state index >= 15 is 0 Å². The first kappa shape index (κ1) is 26.7. The lowest BCUT2D eigenvalue weighted by Gasteiger charge is -2.27. The molecule has 0 unspecified atom stereocenters. The van der Waals surface area contributed by atoms with Crippen LogP contribution in [0.3, 0.4) is 0 Å². The second kappa shape index (κ2) is 11.4. The first-order valence-corrected chi connectivity index (χ1v) is 13.0. The number of nitrogens with zero attached hydrogens (tertiary/aromatic N) is 5. The van der Waals surface area contributed by atoms with Gasteiger partial charge in [-0.15, -0.1) is 0 Å². The number of carbonyl (C=O) groups excluding carboxylic acids is 3. The summed E-state index contributed by atoms with van der Waals surface area (Å²) in [5, 5.41) is 10.0. The number of carbonyl (C=O) groups is 3. The summed E-state index contributed by atoms with van der Waals surface area (Å²) >= 11 is 0. The summed E-state index contributed by atoms with van der Waals surface area (Å²) in [4.78, 5) is 45.8. The van der Waals surface area contributed by atoms with Crippen molar-refractivity contribution in [3.63, 3.8) is 0 Å². The number of anilines is 1. The highest BCUT2D eigenvalue weighted by Gasteiger charge is 2.29. The van der Waals surface area contributed by atoms with E-state index in [1.807, 2.05) is 18.4 Å². The van der Waals surface area contributed by atoms with Gasteiger partial charge in [-0.3, -0.25) is 24.6 Å². The topological polar surface area (TPSA) is 168 Å². The van der Waals surface area contributed by atoms with Gasteiger partial charge in [0, 0.05) is 31.0 Å². The van der Waals surface area contributed by atoms with Crippen molar-refractivity contribution in [1.29, 1.82) is 0 Å². The number of amides is 3. The van der Waals surface area contributed by atoms with Crippen LogP contribution < -0.4 is 21.1 Å². The molecule has 4 N–H and O–H groups in total. The Morgan fingerprint density at radius 1 is 1.20 bits per heavy atom. The van der Waals surface area contributed by atoms with E-state index in [0.29, 0.717) is 54.4 Å². The molecule has 5 rings (SSSR count). The summed E-state index contributed by atoms with van der Waals surface area (Å²) in [6.07, 6.45) is 3.99. The summed E-state index contributed by atoms with van der Waals surface area (Å²) in [6, 6.07) is 8.24. The van der Waals surface area contributed by atoms with E-state index in [1.54, 1.807) is 47.4 Å². The maximum Gasteiger partial charge on any atom is 0.407 e. The van der Waals surface area contributed by atoms with E-state index in [-0.39, 0.29) is 30.7 Å². The number of aryl methyl sites for hydroxylation is 2. The number of hydrogen-bond acceptors (Lipinski definition) is 8. The lowest BCUT2D eigenvalue weighted by molar-refractivity contribution is 0.0995. The zero-order valence-corrected chi connectivity index (χ0v) is 22.2. The number of alkyl carbamates (subject to hydrolysis) is 1. The molecule has 1 atom stereocenters. The number of imidazole rings is 1. The largest absolute Gasteiger partial charge is 0.489 e. The fourth-order valence-corrected chi connectivity index (χ4v) is 4.71. The van der Waals surface area contributed by atoms with Gasteiger partial charge in [0.15, 0.2) is 0 Å². The maximum atomic E-state index is 13.2. The molecule has 3 aromatic heterocycles. The van der Waals surface area contributed by atoms with Crippen LogP contribution in [0, 0.1) is 6.92 Å². The van der Waals surface area contributed by atoms with Gasteiger partial charge in [0.1, 0.15) is 30.2 Å². The van der Waals surface area contributed by atoms with Crippen molar-refractivity contribution in [2.75, 3.05) is 18.5 Å². The number of nitrogens with one attached hydrogen (secondary N) is 2. The molecule has 40 heavy (non-hydrogen) atoms. The van der Waals surface area contributed by atoms with Gasteiger partial charge in [-0.25, -0.2) is 9.78 Å². The van der Waals surface area contributed by atoms with Gasteiger partial charge in [0.2, 0.25) is 11.9 Å². The molecule has 0 aliphatic carbocycles. The number of benzene rings is 1. The fraction of sp³-hybridized carbons (Fsp3) is 0.333. The molecule has 208 valence electrons. The highest BCUT2D eigenvalue weighted by Crippen LogP contribution is 2.38. The molecule has 4 heterocycles. The number of ether oxygens (including phenoxy) is 2. The van der Waals surface area contributed by atoms with Crippen LogP contribution in [0.1, 0.15) is 57.9 Å². The van der Waals surface area contributed by atoms with Crippen LogP contribution in [0.15, 0.2) is 42.7 Å². The average molecular weight is 547 g/mol. The van der Waals surface area contributed by atoms with Crippen LogP contribution in [0.2, 0.25) is 0 Å². The van der Waals surface area contributed by atoms with Crippen LogP contribution in [-0.2, 0) is 17.9 Å². The van der Waals surface area contributed by atoms with Crippen molar-refractivity contribution >= 4 is 34.9 Å². The zero-order valence-electron chi connectivity index (χ0n) is 22.2. The second-order valence-electron chi connectivity index (χ2n) is 9.42. The molecule has 13 nitrogen and oxygen atoms in total. The SMILES string of the molecule is CCn1nc(C)cc1C(=O)Nc1nc2cc(C(N)=O)cc3c2n1[C@@H](CCCNC(=O)OCc1ccncc1)CO3. The molecule has 1 aliphatic heterocycles. The van der Waals surface area contributed by atoms with E-state index in [1.165, 1.54) is 0 Å². The fourth-order valence-electron chi connectivity index (χ4n) is 4.71. The van der Waals surface area contributed by atoms with E-state index in [2.05, 4.69) is 25.7 Å². The Balaban J connectivity index is 1.32. The van der Waals surface area contributed by atoms with Crippen LogP contribution in [0.25, 0.3) is 11.0 Å². The van der Waals surface area contributed by atoms with Gasteiger partial charge >= 0.3 is 6.09 Å². The molecule has 4 aromatic rings. The first-order valence-electron chi connectivity index (χ1n) is 13.0. The maximum absolute atomic E-state index is 13.2. The van der Waals surface area contributed by atoms with Crippen molar-refractivity contribution in [2.45, 2.75) is 45.9 Å². The number of aromatic nitrogens is 5. The Hall–Kier alpha value is -4.94. The molecule has 0 saturated carbocycles. The molecule has 0 radical (unpaired) electrons. The highest BCUT2D eigenvalue weighted by atomic mass is 16.5. The quantitative estimate of drug-likeness (QED) is 0.255. The highest BCUT2D eigenvalue weighted by molar-refractivity contribution is 6.04. The molecule has 0 bridgehead atoms. The van der Waals surface area contributed by atoms with E-state index < -0.39 is 12.0 Å². The van der Waals surface area contributed by atoms with Gasteiger partial charge in [-0.2, -0.15) is 5.10 Å². The summed E-state index contributed by atoms with van der Waals surface area (Å²) in [5.74, 6) is -0.173. The van der Waals surface area contributed by atoms with E-state index in [9.17, 15) is 14.4 Å². The molecular weight excluding hydrogens is 516 g/mol. The van der Waals surface area contributed by atoms with Crippen molar-refractivity contribution in [2.24, 2.45) is 5.73 Å². The third-order valence-electron chi connectivity index (χ3n) is 6.59. The van der Waals surface area contributed by atoms with Crippen molar-refractivity contribution in [3.8, 4) is 5.75 Å². The number of rotatable bonds is 10. The van der Waals surface area contributed by atoms with Gasteiger partial charge in [-0.1, -0.05) is 0 Å². The van der Waals surface area contributed by atoms with Crippen LogP contribution >= 0.6 is 0 Å². The Morgan fingerprint density at radius 2 is 2.00 bits per heavy atom. The zero-order chi connectivity index (χ0) is 28.2. The third kappa shape index (κ3) is 5.58. The molecule has 13 heteroatoms. The Kier molecular flexibility index (Phi) is 7.62. The smallest absolute Gasteiger partial charge is 0.407 e. The Morgan fingerprint density at radius 3 is 2.75 bits per heavy atom. The average Bonchev–Trinajstić information content (AvgIpc) is 3.52. The minimum atomic E-state index is -0.603. The molecular formula is C27H30N8O5. The Bertz CT molecular complexity index is 1560. The molecule has 0 saturated heterocycles. The predicted molar refractivity (Wildman–Crippen MR) is 145 cm³/mol.